The van der Waals surface area contributed by atoms with Crippen molar-refractivity contribution in [2.45, 2.75) is 70.4 Å². The lowest BCUT2D eigenvalue weighted by Crippen LogP contribution is -2.52. The van der Waals surface area contributed by atoms with E-state index >= 15 is 0 Å². The van der Waals surface area contributed by atoms with E-state index in [1.807, 2.05) is 0 Å². The van der Waals surface area contributed by atoms with Crippen molar-refractivity contribution in [1.29, 1.82) is 0 Å². The van der Waals surface area contributed by atoms with E-state index in [-0.39, 0.29) is 6.42 Å². The highest BCUT2D eigenvalue weighted by Crippen LogP contribution is 2.32. The standard InChI is InChI=1S/C13H24FNO4S/c1-12(2,3)19-11(16)15-13(7-5-4-6-8-13)9-10-20(14,17)18/h4-10H2,1-3H3,(H,15,16). The second kappa shape index (κ2) is 6.28. The molecule has 0 heterocycles. The fraction of sp³-hybridized carbons (Fsp3) is 0.923. The van der Waals surface area contributed by atoms with E-state index in [1.54, 1.807) is 20.8 Å². The Morgan fingerprint density at radius 2 is 1.80 bits per heavy atom. The lowest BCUT2D eigenvalue weighted by atomic mass is 9.80. The molecular weight excluding hydrogens is 285 g/mol. The summed E-state index contributed by atoms with van der Waals surface area (Å²) in [6.45, 7) is 5.27. The zero-order valence-corrected chi connectivity index (χ0v) is 13.2. The predicted molar refractivity (Wildman–Crippen MR) is 74.7 cm³/mol. The lowest BCUT2D eigenvalue weighted by Gasteiger charge is -2.38. The molecule has 118 valence electrons. The van der Waals surface area contributed by atoms with Crippen LogP contribution in [0.5, 0.6) is 0 Å². The number of rotatable bonds is 4. The molecule has 0 spiro atoms. The molecule has 0 aliphatic heterocycles. The van der Waals surface area contributed by atoms with Crippen LogP contribution < -0.4 is 5.32 Å². The molecule has 7 heteroatoms. The van der Waals surface area contributed by atoms with Gasteiger partial charge in [-0.2, -0.15) is 8.42 Å². The number of ether oxygens (including phenoxy) is 1. The van der Waals surface area contributed by atoms with Crippen molar-refractivity contribution in [3.8, 4) is 0 Å². The fourth-order valence-corrected chi connectivity index (χ4v) is 3.14. The van der Waals surface area contributed by atoms with Crippen molar-refractivity contribution in [2.24, 2.45) is 0 Å². The van der Waals surface area contributed by atoms with Crippen LogP contribution in [0.25, 0.3) is 0 Å². The summed E-state index contributed by atoms with van der Waals surface area (Å²) in [5, 5.41) is 2.77. The van der Waals surface area contributed by atoms with E-state index in [1.165, 1.54) is 0 Å². The average Bonchev–Trinajstić information content (AvgIpc) is 2.24. The Morgan fingerprint density at radius 3 is 2.25 bits per heavy atom. The van der Waals surface area contributed by atoms with E-state index in [9.17, 15) is 17.1 Å². The van der Waals surface area contributed by atoms with Gasteiger partial charge in [0.2, 0.25) is 0 Å². The third-order valence-corrected chi connectivity index (χ3v) is 4.09. The number of alkyl carbamates (subject to hydrolysis) is 1. The quantitative estimate of drug-likeness (QED) is 0.810. The van der Waals surface area contributed by atoms with Gasteiger partial charge >= 0.3 is 16.3 Å². The first kappa shape index (κ1) is 17.2. The molecule has 1 fully saturated rings. The molecule has 0 radical (unpaired) electrons. The van der Waals surface area contributed by atoms with Crippen molar-refractivity contribution in [2.75, 3.05) is 5.75 Å². The van der Waals surface area contributed by atoms with Crippen LogP contribution in [0.4, 0.5) is 8.68 Å². The molecule has 0 aromatic heterocycles. The van der Waals surface area contributed by atoms with Crippen LogP contribution in [0, 0.1) is 0 Å². The first-order valence-electron chi connectivity index (χ1n) is 6.95. The Labute approximate surface area is 120 Å². The molecule has 1 amide bonds. The smallest absolute Gasteiger partial charge is 0.408 e. The van der Waals surface area contributed by atoms with Crippen molar-refractivity contribution < 1.29 is 21.8 Å². The second-order valence-corrected chi connectivity index (χ2v) is 7.95. The normalized spacial score (nSPS) is 19.4. The number of hydrogen-bond donors (Lipinski definition) is 1. The van der Waals surface area contributed by atoms with E-state index < -0.39 is 33.2 Å². The van der Waals surface area contributed by atoms with Crippen LogP contribution in [0.1, 0.15) is 59.3 Å². The van der Waals surface area contributed by atoms with Gasteiger partial charge in [0.25, 0.3) is 0 Å². The minimum Gasteiger partial charge on any atom is -0.444 e. The maximum atomic E-state index is 12.8. The molecule has 1 rings (SSSR count). The van der Waals surface area contributed by atoms with Gasteiger partial charge in [-0.1, -0.05) is 19.3 Å². The predicted octanol–water partition coefficient (Wildman–Crippen LogP) is 2.90. The van der Waals surface area contributed by atoms with Crippen LogP contribution in [0.2, 0.25) is 0 Å². The third kappa shape index (κ3) is 6.54. The minimum atomic E-state index is -4.52. The van der Waals surface area contributed by atoms with Gasteiger partial charge in [0.15, 0.2) is 0 Å². The average molecular weight is 309 g/mol. The van der Waals surface area contributed by atoms with Gasteiger partial charge in [0.1, 0.15) is 5.60 Å². The molecule has 0 unspecified atom stereocenters. The van der Waals surface area contributed by atoms with Gasteiger partial charge in [-0.25, -0.2) is 4.79 Å². The number of carbonyl (C=O) groups is 1. The highest BCUT2D eigenvalue weighted by Gasteiger charge is 2.36. The SMILES string of the molecule is CC(C)(C)OC(=O)NC1(CCS(=O)(=O)F)CCCCC1. The molecule has 1 saturated carbocycles. The maximum absolute atomic E-state index is 12.8. The first-order valence-corrected chi connectivity index (χ1v) is 8.50. The van der Waals surface area contributed by atoms with Gasteiger partial charge in [-0.15, -0.1) is 3.89 Å². The summed E-state index contributed by atoms with van der Waals surface area (Å²) in [5.41, 5.74) is -1.29. The molecule has 20 heavy (non-hydrogen) atoms. The van der Waals surface area contributed by atoms with Crippen molar-refractivity contribution in [3.63, 3.8) is 0 Å². The Balaban J connectivity index is 2.70. The lowest BCUT2D eigenvalue weighted by molar-refractivity contribution is 0.0420. The van der Waals surface area contributed by atoms with Crippen LogP contribution in [0.15, 0.2) is 0 Å². The minimum absolute atomic E-state index is 0.0884. The molecular formula is C13H24FNO4S. The molecule has 1 N–H and O–H groups in total. The topological polar surface area (TPSA) is 72.5 Å². The summed E-state index contributed by atoms with van der Waals surface area (Å²) >= 11 is 0. The zero-order chi connectivity index (χ0) is 15.4. The maximum Gasteiger partial charge on any atom is 0.408 e. The summed E-state index contributed by atoms with van der Waals surface area (Å²) in [6, 6.07) is 0. The van der Waals surface area contributed by atoms with Crippen LogP contribution >= 0.6 is 0 Å². The number of amides is 1. The van der Waals surface area contributed by atoms with Gasteiger partial charge in [-0.05, 0) is 40.0 Å². The zero-order valence-electron chi connectivity index (χ0n) is 12.4. The van der Waals surface area contributed by atoms with Crippen LogP contribution in [-0.2, 0) is 15.0 Å². The monoisotopic (exact) mass is 309 g/mol. The number of halogens is 1. The summed E-state index contributed by atoms with van der Waals surface area (Å²) in [6.07, 6.45) is 3.65. The van der Waals surface area contributed by atoms with E-state index in [4.69, 9.17) is 4.74 Å². The number of carbonyl (C=O) groups excluding carboxylic acids is 1. The largest absolute Gasteiger partial charge is 0.444 e. The highest BCUT2D eigenvalue weighted by atomic mass is 32.3. The number of nitrogens with one attached hydrogen (secondary N) is 1. The molecule has 1 aliphatic carbocycles. The molecule has 5 nitrogen and oxygen atoms in total. The Morgan fingerprint density at radius 1 is 1.25 bits per heavy atom. The summed E-state index contributed by atoms with van der Waals surface area (Å²) in [4.78, 5) is 11.9. The molecule has 0 saturated heterocycles. The second-order valence-electron chi connectivity index (χ2n) is 6.46. The van der Waals surface area contributed by atoms with E-state index in [0.717, 1.165) is 19.3 Å². The van der Waals surface area contributed by atoms with Crippen molar-refractivity contribution in [1.82, 2.24) is 5.32 Å². The first-order chi connectivity index (χ1) is 9.02. The van der Waals surface area contributed by atoms with Gasteiger partial charge < -0.3 is 10.1 Å². The Kier molecular flexibility index (Phi) is 5.40. The van der Waals surface area contributed by atoms with Crippen LogP contribution in [-0.4, -0.2) is 31.4 Å². The number of hydrogen-bond acceptors (Lipinski definition) is 4. The van der Waals surface area contributed by atoms with Gasteiger partial charge in [-0.3, -0.25) is 0 Å². The molecule has 0 aromatic carbocycles. The van der Waals surface area contributed by atoms with E-state index in [2.05, 4.69) is 5.32 Å². The van der Waals surface area contributed by atoms with Gasteiger partial charge in [0.05, 0.1) is 5.75 Å². The summed E-state index contributed by atoms with van der Waals surface area (Å²) in [5.74, 6) is -0.567. The molecule has 0 bridgehead atoms. The van der Waals surface area contributed by atoms with E-state index in [0.29, 0.717) is 12.8 Å². The highest BCUT2D eigenvalue weighted by molar-refractivity contribution is 7.86. The summed E-state index contributed by atoms with van der Waals surface area (Å²) < 4.78 is 39.4. The van der Waals surface area contributed by atoms with Crippen LogP contribution in [0.3, 0.4) is 0 Å². The Hall–Kier alpha value is -0.850. The summed E-state index contributed by atoms with van der Waals surface area (Å²) in [7, 11) is -4.52. The molecule has 0 aromatic rings. The Bertz CT molecular complexity index is 436. The third-order valence-electron chi connectivity index (χ3n) is 3.40. The fourth-order valence-electron chi connectivity index (χ4n) is 2.50. The van der Waals surface area contributed by atoms with Crippen molar-refractivity contribution in [3.05, 3.63) is 0 Å². The molecule has 0 atom stereocenters. The van der Waals surface area contributed by atoms with Crippen molar-refractivity contribution >= 4 is 16.3 Å². The molecule has 1 aliphatic rings. The van der Waals surface area contributed by atoms with Gasteiger partial charge in [0, 0.05) is 5.54 Å².